The van der Waals surface area contributed by atoms with Gasteiger partial charge in [0.25, 0.3) is 0 Å². The number of halogens is 1. The van der Waals surface area contributed by atoms with E-state index in [-0.39, 0.29) is 6.10 Å². The first-order valence-corrected chi connectivity index (χ1v) is 8.34. The Labute approximate surface area is 139 Å². The molecule has 4 nitrogen and oxygen atoms in total. The molecular formula is C16H18ClNO3S. The van der Waals surface area contributed by atoms with Crippen LogP contribution in [0, 0.1) is 0 Å². The van der Waals surface area contributed by atoms with E-state index in [1.807, 2.05) is 41.8 Å². The molecule has 0 aliphatic rings. The lowest BCUT2D eigenvalue weighted by molar-refractivity contribution is 0.118. The number of hydrogen-bond acceptors (Lipinski definition) is 4. The molecule has 0 radical (unpaired) electrons. The highest BCUT2D eigenvalue weighted by atomic mass is 35.5. The van der Waals surface area contributed by atoms with Crippen LogP contribution in [0.15, 0.2) is 41.8 Å². The Morgan fingerprint density at radius 1 is 1.32 bits per heavy atom. The van der Waals surface area contributed by atoms with Gasteiger partial charge in [0.05, 0.1) is 6.61 Å². The molecule has 0 spiro atoms. The number of alkyl carbamates (subject to hydrolysis) is 1. The molecule has 2 rings (SSSR count). The van der Waals surface area contributed by atoms with Crippen molar-refractivity contribution in [1.82, 2.24) is 5.32 Å². The molecule has 2 aromatic rings. The summed E-state index contributed by atoms with van der Waals surface area (Å²) in [7, 11) is 1.54. The number of ether oxygens (including phenoxy) is 2. The second-order valence-corrected chi connectivity index (χ2v) is 5.82. The fourth-order valence-corrected chi connectivity index (χ4v) is 2.85. The van der Waals surface area contributed by atoms with E-state index in [1.54, 1.807) is 11.3 Å². The minimum atomic E-state index is -0.434. The highest BCUT2D eigenvalue weighted by Gasteiger charge is 2.15. The Bertz CT molecular complexity index is 572. The molecule has 0 saturated heterocycles. The molecule has 1 aromatic heterocycles. The number of benzene rings is 1. The maximum absolute atomic E-state index is 11.1. The van der Waals surface area contributed by atoms with E-state index in [2.05, 4.69) is 5.32 Å². The van der Waals surface area contributed by atoms with Gasteiger partial charge in [0.2, 0.25) is 0 Å². The number of rotatable bonds is 7. The van der Waals surface area contributed by atoms with Gasteiger partial charge in [-0.2, -0.15) is 0 Å². The monoisotopic (exact) mass is 339 g/mol. The van der Waals surface area contributed by atoms with Crippen molar-refractivity contribution in [3.63, 3.8) is 0 Å². The lowest BCUT2D eigenvalue weighted by Crippen LogP contribution is -2.21. The smallest absolute Gasteiger partial charge is 0.406 e. The maximum atomic E-state index is 11.1. The van der Waals surface area contributed by atoms with E-state index in [9.17, 15) is 4.79 Å². The predicted molar refractivity (Wildman–Crippen MR) is 88.7 cm³/mol. The lowest BCUT2D eigenvalue weighted by atomic mass is 10.2. The quantitative estimate of drug-likeness (QED) is 0.763. The average molecular weight is 340 g/mol. The van der Waals surface area contributed by atoms with Crippen molar-refractivity contribution < 1.29 is 14.3 Å². The standard InChI is InChI=1S/C16H18ClNO3S/c1-18-16(19)20-9-8-14(15-3-2-10-22-15)21-13-6-4-12(11-17)5-7-13/h2-7,10,14H,8-9,11H2,1H3,(H,18,19). The number of amides is 1. The molecular weight excluding hydrogens is 322 g/mol. The Kier molecular flexibility index (Phi) is 6.55. The van der Waals surface area contributed by atoms with Crippen LogP contribution in [0.2, 0.25) is 0 Å². The summed E-state index contributed by atoms with van der Waals surface area (Å²) in [6, 6.07) is 11.7. The number of hydrogen-bond donors (Lipinski definition) is 1. The Balaban J connectivity index is 1.99. The third-order valence-corrected chi connectivity index (χ3v) is 4.31. The van der Waals surface area contributed by atoms with Crippen LogP contribution in [0.3, 0.4) is 0 Å². The molecule has 0 aliphatic carbocycles. The first-order chi connectivity index (χ1) is 10.7. The molecule has 1 unspecified atom stereocenters. The van der Waals surface area contributed by atoms with Gasteiger partial charge in [-0.1, -0.05) is 18.2 Å². The summed E-state index contributed by atoms with van der Waals surface area (Å²) in [5.41, 5.74) is 1.05. The van der Waals surface area contributed by atoms with Crippen molar-refractivity contribution in [1.29, 1.82) is 0 Å². The fraction of sp³-hybridized carbons (Fsp3) is 0.312. The number of nitrogens with one attached hydrogen (secondary N) is 1. The van der Waals surface area contributed by atoms with Gasteiger partial charge in [-0.15, -0.1) is 22.9 Å². The summed E-state index contributed by atoms with van der Waals surface area (Å²) in [6.07, 6.45) is 0.00784. The summed E-state index contributed by atoms with van der Waals surface area (Å²) in [6.45, 7) is 0.294. The zero-order chi connectivity index (χ0) is 15.8. The van der Waals surface area contributed by atoms with Gasteiger partial charge >= 0.3 is 6.09 Å². The van der Waals surface area contributed by atoms with Gasteiger partial charge in [-0.05, 0) is 29.1 Å². The van der Waals surface area contributed by atoms with Crippen LogP contribution in [0.1, 0.15) is 23.0 Å². The molecule has 1 amide bonds. The number of alkyl halides is 1. The molecule has 0 aliphatic heterocycles. The van der Waals surface area contributed by atoms with Crippen LogP contribution in [-0.2, 0) is 10.6 Å². The average Bonchev–Trinajstić information content (AvgIpc) is 3.08. The van der Waals surface area contributed by atoms with Crippen LogP contribution in [-0.4, -0.2) is 19.7 Å². The molecule has 22 heavy (non-hydrogen) atoms. The van der Waals surface area contributed by atoms with E-state index in [0.29, 0.717) is 18.9 Å². The van der Waals surface area contributed by atoms with Gasteiger partial charge in [0.1, 0.15) is 11.9 Å². The SMILES string of the molecule is CNC(=O)OCCC(Oc1ccc(CCl)cc1)c1cccs1. The maximum Gasteiger partial charge on any atom is 0.406 e. The number of carbonyl (C=O) groups excluding carboxylic acids is 1. The minimum Gasteiger partial charge on any atom is -0.485 e. The molecule has 1 aromatic carbocycles. The molecule has 1 N–H and O–H groups in total. The fourth-order valence-electron chi connectivity index (χ4n) is 1.89. The molecule has 0 bridgehead atoms. The Morgan fingerprint density at radius 2 is 2.09 bits per heavy atom. The largest absolute Gasteiger partial charge is 0.485 e. The summed E-state index contributed by atoms with van der Waals surface area (Å²) in [5, 5.41) is 4.43. The summed E-state index contributed by atoms with van der Waals surface area (Å²) in [4.78, 5) is 12.2. The van der Waals surface area contributed by atoms with Gasteiger partial charge in [-0.25, -0.2) is 4.79 Å². The van der Waals surface area contributed by atoms with Crippen molar-refractivity contribution in [2.45, 2.75) is 18.4 Å². The third kappa shape index (κ3) is 4.93. The lowest BCUT2D eigenvalue weighted by Gasteiger charge is -2.18. The van der Waals surface area contributed by atoms with E-state index in [4.69, 9.17) is 21.1 Å². The highest BCUT2D eigenvalue weighted by molar-refractivity contribution is 7.10. The normalized spacial score (nSPS) is 11.7. The van der Waals surface area contributed by atoms with Crippen LogP contribution in [0.5, 0.6) is 5.75 Å². The molecule has 0 saturated carbocycles. The molecule has 118 valence electrons. The molecule has 1 atom stereocenters. The zero-order valence-electron chi connectivity index (χ0n) is 12.3. The van der Waals surface area contributed by atoms with Gasteiger partial charge in [-0.3, -0.25) is 0 Å². The van der Waals surface area contributed by atoms with Crippen LogP contribution in [0.25, 0.3) is 0 Å². The van der Waals surface area contributed by atoms with E-state index in [1.165, 1.54) is 7.05 Å². The molecule has 1 heterocycles. The van der Waals surface area contributed by atoms with Crippen LogP contribution >= 0.6 is 22.9 Å². The number of thiophene rings is 1. The van der Waals surface area contributed by atoms with Gasteiger partial charge < -0.3 is 14.8 Å². The molecule has 6 heteroatoms. The summed E-state index contributed by atoms with van der Waals surface area (Å²) in [5.74, 6) is 1.25. The Morgan fingerprint density at radius 3 is 2.68 bits per heavy atom. The third-order valence-electron chi connectivity index (χ3n) is 3.03. The zero-order valence-corrected chi connectivity index (χ0v) is 13.8. The van der Waals surface area contributed by atoms with Crippen molar-refractivity contribution in [3.8, 4) is 5.75 Å². The molecule has 0 fully saturated rings. The van der Waals surface area contributed by atoms with E-state index >= 15 is 0 Å². The first-order valence-electron chi connectivity index (χ1n) is 6.92. The topological polar surface area (TPSA) is 47.6 Å². The highest BCUT2D eigenvalue weighted by Crippen LogP contribution is 2.28. The van der Waals surface area contributed by atoms with Gasteiger partial charge in [0, 0.05) is 24.2 Å². The van der Waals surface area contributed by atoms with E-state index in [0.717, 1.165) is 16.2 Å². The van der Waals surface area contributed by atoms with Crippen molar-refractivity contribution in [3.05, 3.63) is 52.2 Å². The second kappa shape index (κ2) is 8.66. The first kappa shape index (κ1) is 16.6. The van der Waals surface area contributed by atoms with Crippen LogP contribution in [0.4, 0.5) is 4.79 Å². The number of carbonyl (C=O) groups is 1. The van der Waals surface area contributed by atoms with Crippen molar-refractivity contribution in [2.24, 2.45) is 0 Å². The van der Waals surface area contributed by atoms with Crippen LogP contribution < -0.4 is 10.1 Å². The van der Waals surface area contributed by atoms with Crippen molar-refractivity contribution in [2.75, 3.05) is 13.7 Å². The minimum absolute atomic E-state index is 0.147. The van der Waals surface area contributed by atoms with Gasteiger partial charge in [0.15, 0.2) is 0 Å². The van der Waals surface area contributed by atoms with Crippen molar-refractivity contribution >= 4 is 29.0 Å². The van der Waals surface area contributed by atoms with E-state index < -0.39 is 6.09 Å². The second-order valence-electron chi connectivity index (χ2n) is 4.57. The Hall–Kier alpha value is -1.72. The summed E-state index contributed by atoms with van der Waals surface area (Å²) < 4.78 is 11.1. The predicted octanol–water partition coefficient (Wildman–Crippen LogP) is 4.35. The summed E-state index contributed by atoms with van der Waals surface area (Å²) >= 11 is 7.40.